The zero-order valence-electron chi connectivity index (χ0n) is 12.4. The standard InChI is InChI=1S/C16H21N3O2/c1-2-15-17-7-10-19(15)12-13-5-8-18(9-6-13)16(20)14-4-3-11-21-14/h3-4,7,10-11,13H,2,5-6,8-9,12H2,1H3. The highest BCUT2D eigenvalue weighted by molar-refractivity contribution is 5.91. The summed E-state index contributed by atoms with van der Waals surface area (Å²) in [5, 5.41) is 0. The van der Waals surface area contributed by atoms with Crippen LogP contribution in [0.25, 0.3) is 0 Å². The number of hydrogen-bond acceptors (Lipinski definition) is 3. The van der Waals surface area contributed by atoms with Crippen LogP contribution < -0.4 is 0 Å². The predicted molar refractivity (Wildman–Crippen MR) is 78.9 cm³/mol. The fraction of sp³-hybridized carbons (Fsp3) is 0.500. The van der Waals surface area contributed by atoms with Crippen molar-refractivity contribution in [2.45, 2.75) is 32.7 Å². The molecule has 0 N–H and O–H groups in total. The normalized spacial score (nSPS) is 16.3. The fourth-order valence-electron chi connectivity index (χ4n) is 2.97. The van der Waals surface area contributed by atoms with Crippen molar-refractivity contribution in [3.05, 3.63) is 42.4 Å². The maximum Gasteiger partial charge on any atom is 0.289 e. The molecular formula is C16H21N3O2. The molecule has 112 valence electrons. The quantitative estimate of drug-likeness (QED) is 0.868. The molecule has 3 heterocycles. The Bertz CT molecular complexity index is 580. The number of furan rings is 1. The minimum atomic E-state index is 0.00956. The van der Waals surface area contributed by atoms with Gasteiger partial charge in [-0.1, -0.05) is 6.92 Å². The van der Waals surface area contributed by atoms with E-state index in [4.69, 9.17) is 4.42 Å². The van der Waals surface area contributed by atoms with Crippen molar-refractivity contribution < 1.29 is 9.21 Å². The topological polar surface area (TPSA) is 51.3 Å². The molecule has 21 heavy (non-hydrogen) atoms. The average Bonchev–Trinajstić information content (AvgIpc) is 3.18. The Kier molecular flexibility index (Phi) is 4.08. The van der Waals surface area contributed by atoms with Crippen molar-refractivity contribution in [3.63, 3.8) is 0 Å². The molecule has 2 aromatic rings. The van der Waals surface area contributed by atoms with E-state index in [1.54, 1.807) is 18.4 Å². The number of carbonyl (C=O) groups excluding carboxylic acids is 1. The second-order valence-electron chi connectivity index (χ2n) is 5.56. The first-order valence-corrected chi connectivity index (χ1v) is 7.60. The van der Waals surface area contributed by atoms with Crippen LogP contribution in [0.5, 0.6) is 0 Å². The highest BCUT2D eigenvalue weighted by Gasteiger charge is 2.25. The summed E-state index contributed by atoms with van der Waals surface area (Å²) < 4.78 is 7.43. The first kappa shape index (κ1) is 13.9. The molecule has 0 radical (unpaired) electrons. The molecule has 0 aromatic carbocycles. The highest BCUT2D eigenvalue weighted by Crippen LogP contribution is 2.21. The molecule has 0 saturated carbocycles. The molecule has 0 bridgehead atoms. The van der Waals surface area contributed by atoms with Gasteiger partial charge in [-0.05, 0) is 30.9 Å². The van der Waals surface area contributed by atoms with E-state index in [9.17, 15) is 4.79 Å². The van der Waals surface area contributed by atoms with E-state index in [0.717, 1.165) is 44.7 Å². The Labute approximate surface area is 124 Å². The molecule has 1 saturated heterocycles. The lowest BCUT2D eigenvalue weighted by Gasteiger charge is -2.31. The Morgan fingerprint density at radius 1 is 1.43 bits per heavy atom. The number of hydrogen-bond donors (Lipinski definition) is 0. The van der Waals surface area contributed by atoms with Crippen molar-refractivity contribution >= 4 is 5.91 Å². The van der Waals surface area contributed by atoms with E-state index < -0.39 is 0 Å². The van der Waals surface area contributed by atoms with Gasteiger partial charge in [0.05, 0.1) is 6.26 Å². The first-order valence-electron chi connectivity index (χ1n) is 7.60. The predicted octanol–water partition coefficient (Wildman–Crippen LogP) is 2.59. The molecule has 5 nitrogen and oxygen atoms in total. The van der Waals surface area contributed by atoms with E-state index in [1.807, 2.05) is 11.1 Å². The van der Waals surface area contributed by atoms with Crippen LogP contribution in [0.4, 0.5) is 0 Å². The lowest BCUT2D eigenvalue weighted by Crippen LogP contribution is -2.39. The fourth-order valence-corrected chi connectivity index (χ4v) is 2.97. The zero-order valence-corrected chi connectivity index (χ0v) is 12.4. The largest absolute Gasteiger partial charge is 0.459 e. The molecule has 2 aromatic heterocycles. The molecule has 1 fully saturated rings. The number of aryl methyl sites for hydroxylation is 1. The summed E-state index contributed by atoms with van der Waals surface area (Å²) in [6.07, 6.45) is 8.50. The van der Waals surface area contributed by atoms with Gasteiger partial charge in [0.1, 0.15) is 5.82 Å². The van der Waals surface area contributed by atoms with Crippen LogP contribution in [0.1, 0.15) is 36.1 Å². The number of amides is 1. The molecule has 1 aliphatic heterocycles. The molecule has 0 spiro atoms. The van der Waals surface area contributed by atoms with Gasteiger partial charge < -0.3 is 13.9 Å². The van der Waals surface area contributed by atoms with Gasteiger partial charge in [-0.15, -0.1) is 0 Å². The summed E-state index contributed by atoms with van der Waals surface area (Å²) in [7, 11) is 0. The van der Waals surface area contributed by atoms with E-state index in [0.29, 0.717) is 11.7 Å². The Morgan fingerprint density at radius 3 is 2.90 bits per heavy atom. The van der Waals surface area contributed by atoms with E-state index >= 15 is 0 Å². The third-order valence-corrected chi connectivity index (χ3v) is 4.21. The van der Waals surface area contributed by atoms with Crippen molar-refractivity contribution in [2.75, 3.05) is 13.1 Å². The minimum Gasteiger partial charge on any atom is -0.459 e. The number of carbonyl (C=O) groups is 1. The number of nitrogens with zero attached hydrogens (tertiary/aromatic N) is 3. The minimum absolute atomic E-state index is 0.00956. The summed E-state index contributed by atoms with van der Waals surface area (Å²) in [4.78, 5) is 18.5. The van der Waals surface area contributed by atoms with Gasteiger partial charge >= 0.3 is 0 Å². The number of aromatic nitrogens is 2. The molecule has 3 rings (SSSR count). The third-order valence-electron chi connectivity index (χ3n) is 4.21. The number of piperidine rings is 1. The molecular weight excluding hydrogens is 266 g/mol. The Hall–Kier alpha value is -2.04. The molecule has 1 aliphatic rings. The van der Waals surface area contributed by atoms with Gasteiger partial charge in [0.15, 0.2) is 5.76 Å². The van der Waals surface area contributed by atoms with Crippen LogP contribution in [0.3, 0.4) is 0 Å². The van der Waals surface area contributed by atoms with Crippen molar-refractivity contribution in [1.82, 2.24) is 14.5 Å². The third kappa shape index (κ3) is 3.01. The summed E-state index contributed by atoms with van der Waals surface area (Å²) in [5.41, 5.74) is 0. The van der Waals surface area contributed by atoms with Crippen molar-refractivity contribution in [3.8, 4) is 0 Å². The van der Waals surface area contributed by atoms with Gasteiger partial charge in [-0.25, -0.2) is 4.98 Å². The lowest BCUT2D eigenvalue weighted by atomic mass is 9.96. The van der Waals surface area contributed by atoms with Crippen LogP contribution in [0.2, 0.25) is 0 Å². The molecule has 0 aliphatic carbocycles. The number of rotatable bonds is 4. The molecule has 0 atom stereocenters. The molecule has 1 amide bonds. The smallest absolute Gasteiger partial charge is 0.289 e. The van der Waals surface area contributed by atoms with Gasteiger partial charge in [0.2, 0.25) is 0 Å². The van der Waals surface area contributed by atoms with Crippen LogP contribution in [-0.2, 0) is 13.0 Å². The van der Waals surface area contributed by atoms with Crippen LogP contribution in [0.15, 0.2) is 35.2 Å². The average molecular weight is 287 g/mol. The van der Waals surface area contributed by atoms with Gasteiger partial charge in [0.25, 0.3) is 5.91 Å². The van der Waals surface area contributed by atoms with Gasteiger partial charge in [0, 0.05) is 38.4 Å². The second kappa shape index (κ2) is 6.16. The second-order valence-corrected chi connectivity index (χ2v) is 5.56. The lowest BCUT2D eigenvalue weighted by molar-refractivity contribution is 0.0650. The molecule has 5 heteroatoms. The van der Waals surface area contributed by atoms with Crippen molar-refractivity contribution in [1.29, 1.82) is 0 Å². The SMILES string of the molecule is CCc1nccn1CC1CCN(C(=O)c2ccco2)CC1. The van der Waals surface area contributed by atoms with E-state index in [2.05, 4.69) is 22.7 Å². The first-order chi connectivity index (χ1) is 10.3. The van der Waals surface area contributed by atoms with Gasteiger partial charge in [-0.2, -0.15) is 0 Å². The number of imidazole rings is 1. The van der Waals surface area contributed by atoms with Gasteiger partial charge in [-0.3, -0.25) is 4.79 Å². The van der Waals surface area contributed by atoms with E-state index in [-0.39, 0.29) is 5.91 Å². The zero-order chi connectivity index (χ0) is 14.7. The summed E-state index contributed by atoms with van der Waals surface area (Å²) in [6.45, 7) is 4.75. The van der Waals surface area contributed by atoms with Crippen LogP contribution in [-0.4, -0.2) is 33.4 Å². The molecule has 0 unspecified atom stereocenters. The maximum atomic E-state index is 12.2. The van der Waals surface area contributed by atoms with Crippen molar-refractivity contribution in [2.24, 2.45) is 5.92 Å². The summed E-state index contributed by atoms with van der Waals surface area (Å²) in [5.74, 6) is 2.21. The number of likely N-dealkylation sites (tertiary alicyclic amines) is 1. The van der Waals surface area contributed by atoms with Crippen LogP contribution in [0, 0.1) is 5.92 Å². The summed E-state index contributed by atoms with van der Waals surface area (Å²) in [6, 6.07) is 3.48. The monoisotopic (exact) mass is 287 g/mol. The Balaban J connectivity index is 1.54. The van der Waals surface area contributed by atoms with Crippen LogP contribution >= 0.6 is 0 Å². The van der Waals surface area contributed by atoms with E-state index in [1.165, 1.54) is 0 Å². The summed E-state index contributed by atoms with van der Waals surface area (Å²) >= 11 is 0. The highest BCUT2D eigenvalue weighted by atomic mass is 16.3. The Morgan fingerprint density at radius 2 is 2.24 bits per heavy atom. The maximum absolute atomic E-state index is 12.2.